The summed E-state index contributed by atoms with van der Waals surface area (Å²) in [6, 6.07) is 8.81. The fraction of sp³-hybridized carbons (Fsp3) is 0.154. The van der Waals surface area contributed by atoms with E-state index >= 15 is 0 Å². The fourth-order valence-electron chi connectivity index (χ4n) is 1.53. The van der Waals surface area contributed by atoms with Gasteiger partial charge in [-0.2, -0.15) is 13.2 Å². The zero-order valence-electron chi connectivity index (χ0n) is 10.1. The van der Waals surface area contributed by atoms with Crippen LogP contribution >= 0.6 is 0 Å². The zero-order chi connectivity index (χ0) is 14.8. The van der Waals surface area contributed by atoms with E-state index in [2.05, 4.69) is 4.74 Å². The van der Waals surface area contributed by atoms with Gasteiger partial charge in [-0.1, -0.05) is 12.1 Å². The molecule has 0 unspecified atom stereocenters. The van der Waals surface area contributed by atoms with Gasteiger partial charge in [0.25, 0.3) is 5.91 Å². The van der Waals surface area contributed by atoms with E-state index in [0.717, 1.165) is 0 Å². The van der Waals surface area contributed by atoms with Gasteiger partial charge in [-0.25, -0.2) is 0 Å². The summed E-state index contributed by atoms with van der Waals surface area (Å²) in [5.74, 6) is -0.379. The van der Waals surface area contributed by atoms with E-state index in [1.165, 1.54) is 30.3 Å². The van der Waals surface area contributed by atoms with Crippen LogP contribution in [0.3, 0.4) is 0 Å². The lowest BCUT2D eigenvalue weighted by molar-refractivity contribution is -0.153. The van der Waals surface area contributed by atoms with Crippen molar-refractivity contribution < 1.29 is 27.1 Å². The third-order valence-corrected chi connectivity index (χ3v) is 2.37. The number of nitrogens with two attached hydrogens (primary N) is 1. The standard InChI is InChI=1S/C13H10F3NO3/c14-13(15,16)7-19-9-3-1-2-8(6-9)10-4-5-11(20-10)12(17)18/h1-6H,7H2,(H2,17,18). The van der Waals surface area contributed by atoms with E-state index < -0.39 is 18.7 Å². The number of rotatable bonds is 4. The molecule has 0 aliphatic heterocycles. The minimum absolute atomic E-state index is 0.0263. The maximum Gasteiger partial charge on any atom is 0.422 e. The van der Waals surface area contributed by atoms with Gasteiger partial charge in [0.05, 0.1) is 0 Å². The molecule has 1 aromatic heterocycles. The summed E-state index contributed by atoms with van der Waals surface area (Å²) in [7, 11) is 0. The molecule has 2 aromatic rings. The van der Waals surface area contributed by atoms with Crippen molar-refractivity contribution in [3.8, 4) is 17.1 Å². The van der Waals surface area contributed by atoms with Crippen molar-refractivity contribution in [3.63, 3.8) is 0 Å². The molecule has 0 spiro atoms. The van der Waals surface area contributed by atoms with Gasteiger partial charge in [0.1, 0.15) is 11.5 Å². The largest absolute Gasteiger partial charge is 0.484 e. The van der Waals surface area contributed by atoms with Gasteiger partial charge in [0, 0.05) is 5.56 Å². The average Bonchev–Trinajstić information content (AvgIpc) is 2.86. The third-order valence-electron chi connectivity index (χ3n) is 2.37. The van der Waals surface area contributed by atoms with Crippen molar-refractivity contribution >= 4 is 5.91 Å². The van der Waals surface area contributed by atoms with Crippen LogP contribution in [0.1, 0.15) is 10.6 Å². The Morgan fingerprint density at radius 1 is 1.25 bits per heavy atom. The Hall–Kier alpha value is -2.44. The first kappa shape index (κ1) is 14.0. The number of furan rings is 1. The highest BCUT2D eigenvalue weighted by atomic mass is 19.4. The molecule has 1 aromatic carbocycles. The number of primary amides is 1. The minimum atomic E-state index is -4.40. The number of carbonyl (C=O) groups is 1. The smallest absolute Gasteiger partial charge is 0.422 e. The topological polar surface area (TPSA) is 65.5 Å². The predicted octanol–water partition coefficient (Wildman–Crippen LogP) is 2.99. The maximum atomic E-state index is 12.1. The first-order valence-corrected chi connectivity index (χ1v) is 5.55. The number of carbonyl (C=O) groups excluding carboxylic acids is 1. The SMILES string of the molecule is NC(=O)c1ccc(-c2cccc(OCC(F)(F)F)c2)o1. The molecule has 0 atom stereocenters. The monoisotopic (exact) mass is 285 g/mol. The first-order valence-electron chi connectivity index (χ1n) is 5.55. The lowest BCUT2D eigenvalue weighted by atomic mass is 10.1. The number of hydrogen-bond donors (Lipinski definition) is 1. The molecule has 1 heterocycles. The molecule has 0 aliphatic rings. The molecule has 0 bridgehead atoms. The van der Waals surface area contributed by atoms with Gasteiger partial charge >= 0.3 is 6.18 Å². The third kappa shape index (κ3) is 3.53. The normalized spacial score (nSPS) is 11.3. The molecule has 20 heavy (non-hydrogen) atoms. The van der Waals surface area contributed by atoms with Crippen LogP contribution in [0, 0.1) is 0 Å². The molecule has 106 valence electrons. The van der Waals surface area contributed by atoms with Crippen molar-refractivity contribution in [3.05, 3.63) is 42.2 Å². The molecule has 4 nitrogen and oxygen atoms in total. The van der Waals surface area contributed by atoms with E-state index in [1.807, 2.05) is 0 Å². The van der Waals surface area contributed by atoms with E-state index in [4.69, 9.17) is 10.2 Å². The number of amides is 1. The van der Waals surface area contributed by atoms with Crippen LogP contribution in [-0.4, -0.2) is 18.7 Å². The predicted molar refractivity (Wildman–Crippen MR) is 64.2 cm³/mol. The van der Waals surface area contributed by atoms with Crippen LogP contribution in [0.2, 0.25) is 0 Å². The zero-order valence-corrected chi connectivity index (χ0v) is 10.1. The second-order valence-electron chi connectivity index (χ2n) is 3.96. The molecule has 2 N–H and O–H groups in total. The molecule has 0 radical (unpaired) electrons. The highest BCUT2D eigenvalue weighted by molar-refractivity contribution is 5.90. The number of halogens is 3. The van der Waals surface area contributed by atoms with E-state index in [1.54, 1.807) is 6.07 Å². The summed E-state index contributed by atoms with van der Waals surface area (Å²) in [6.45, 7) is -1.37. The van der Waals surface area contributed by atoms with Crippen molar-refractivity contribution in [2.75, 3.05) is 6.61 Å². The Morgan fingerprint density at radius 3 is 2.60 bits per heavy atom. The summed E-state index contributed by atoms with van der Waals surface area (Å²) in [5.41, 5.74) is 5.53. The van der Waals surface area contributed by atoms with Crippen molar-refractivity contribution in [1.82, 2.24) is 0 Å². The number of alkyl halides is 3. The highest BCUT2D eigenvalue weighted by Crippen LogP contribution is 2.26. The summed E-state index contributed by atoms with van der Waals surface area (Å²) >= 11 is 0. The van der Waals surface area contributed by atoms with Gasteiger partial charge in [-0.05, 0) is 24.3 Å². The van der Waals surface area contributed by atoms with Gasteiger partial charge in [0.2, 0.25) is 0 Å². The number of ether oxygens (including phenoxy) is 1. The highest BCUT2D eigenvalue weighted by Gasteiger charge is 2.28. The molecule has 2 rings (SSSR count). The summed E-state index contributed by atoms with van der Waals surface area (Å²) in [6.07, 6.45) is -4.40. The lowest BCUT2D eigenvalue weighted by Gasteiger charge is -2.09. The quantitative estimate of drug-likeness (QED) is 0.939. The van der Waals surface area contributed by atoms with Crippen LogP contribution in [0.5, 0.6) is 5.75 Å². The van der Waals surface area contributed by atoms with Gasteiger partial charge < -0.3 is 14.9 Å². The van der Waals surface area contributed by atoms with Crippen molar-refractivity contribution in [2.24, 2.45) is 5.73 Å². The number of hydrogen-bond acceptors (Lipinski definition) is 3. The van der Waals surface area contributed by atoms with Crippen LogP contribution in [0.15, 0.2) is 40.8 Å². The Balaban J connectivity index is 2.18. The average molecular weight is 285 g/mol. The molecular formula is C13H10F3NO3. The second-order valence-corrected chi connectivity index (χ2v) is 3.96. The first-order chi connectivity index (χ1) is 9.35. The molecule has 0 saturated heterocycles. The molecule has 0 aliphatic carbocycles. The summed E-state index contributed by atoms with van der Waals surface area (Å²) < 4.78 is 46.0. The Morgan fingerprint density at radius 2 is 2.00 bits per heavy atom. The van der Waals surface area contributed by atoms with Crippen molar-refractivity contribution in [2.45, 2.75) is 6.18 Å². The molecule has 0 fully saturated rings. The van der Waals surface area contributed by atoms with E-state index in [0.29, 0.717) is 11.3 Å². The number of benzene rings is 1. The fourth-order valence-corrected chi connectivity index (χ4v) is 1.53. The Bertz CT molecular complexity index is 619. The van der Waals surface area contributed by atoms with Crippen LogP contribution < -0.4 is 10.5 Å². The van der Waals surface area contributed by atoms with Crippen molar-refractivity contribution in [1.29, 1.82) is 0 Å². The van der Waals surface area contributed by atoms with Crippen LogP contribution in [0.25, 0.3) is 11.3 Å². The molecule has 1 amide bonds. The van der Waals surface area contributed by atoms with Gasteiger partial charge in [0.15, 0.2) is 12.4 Å². The van der Waals surface area contributed by atoms with Crippen LogP contribution in [-0.2, 0) is 0 Å². The Kier molecular flexibility index (Phi) is 3.69. The molecule has 7 heteroatoms. The summed E-state index contributed by atoms with van der Waals surface area (Å²) in [4.78, 5) is 10.9. The second kappa shape index (κ2) is 5.28. The molecule has 0 saturated carbocycles. The maximum absolute atomic E-state index is 12.1. The lowest BCUT2D eigenvalue weighted by Crippen LogP contribution is -2.19. The Labute approximate surface area is 111 Å². The van der Waals surface area contributed by atoms with Gasteiger partial charge in [-0.15, -0.1) is 0 Å². The molecular weight excluding hydrogens is 275 g/mol. The van der Waals surface area contributed by atoms with E-state index in [9.17, 15) is 18.0 Å². The minimum Gasteiger partial charge on any atom is -0.484 e. The summed E-state index contributed by atoms with van der Waals surface area (Å²) in [5, 5.41) is 0. The van der Waals surface area contributed by atoms with E-state index in [-0.39, 0.29) is 11.5 Å². The van der Waals surface area contributed by atoms with Gasteiger partial charge in [-0.3, -0.25) is 4.79 Å². The van der Waals surface area contributed by atoms with Crippen LogP contribution in [0.4, 0.5) is 13.2 Å².